The van der Waals surface area contributed by atoms with Gasteiger partial charge in [0.2, 0.25) is 0 Å². The molecule has 1 saturated heterocycles. The number of rotatable bonds is 5. The van der Waals surface area contributed by atoms with Gasteiger partial charge in [0, 0.05) is 31.9 Å². The van der Waals surface area contributed by atoms with Gasteiger partial charge in [-0.15, -0.1) is 0 Å². The molecule has 0 atom stereocenters. The van der Waals surface area contributed by atoms with Crippen molar-refractivity contribution in [1.29, 1.82) is 0 Å². The molecule has 8 nitrogen and oxygen atoms in total. The Morgan fingerprint density at radius 2 is 1.96 bits per heavy atom. The van der Waals surface area contributed by atoms with Crippen molar-refractivity contribution in [3.05, 3.63) is 36.5 Å². The fraction of sp³-hybridized carbons (Fsp3) is 0.444. The van der Waals surface area contributed by atoms with Crippen LogP contribution in [0.1, 0.15) is 24.4 Å². The van der Waals surface area contributed by atoms with Gasteiger partial charge in [-0.2, -0.15) is 0 Å². The second-order valence-electron chi connectivity index (χ2n) is 6.76. The third-order valence-corrected chi connectivity index (χ3v) is 4.90. The van der Waals surface area contributed by atoms with E-state index >= 15 is 0 Å². The van der Waals surface area contributed by atoms with Gasteiger partial charge in [0.05, 0.1) is 19.5 Å². The van der Waals surface area contributed by atoms with Crippen molar-refractivity contribution in [2.75, 3.05) is 36.5 Å². The van der Waals surface area contributed by atoms with Crippen LogP contribution in [0, 0.1) is 0 Å². The highest BCUT2D eigenvalue weighted by Gasteiger charge is 2.26. The van der Waals surface area contributed by atoms with Crippen LogP contribution in [0.5, 0.6) is 0 Å². The van der Waals surface area contributed by atoms with E-state index in [9.17, 15) is 0 Å². The topological polar surface area (TPSA) is 81.0 Å². The van der Waals surface area contributed by atoms with Gasteiger partial charge >= 0.3 is 0 Å². The lowest BCUT2D eigenvalue weighted by Crippen LogP contribution is -2.36. The van der Waals surface area contributed by atoms with Crippen LogP contribution in [0.15, 0.2) is 31.0 Å². The van der Waals surface area contributed by atoms with Gasteiger partial charge in [-0.3, -0.25) is 0 Å². The third-order valence-electron chi connectivity index (χ3n) is 4.90. The molecule has 0 radical (unpaired) electrons. The highest BCUT2D eigenvalue weighted by Crippen LogP contribution is 2.37. The fourth-order valence-corrected chi connectivity index (χ4v) is 3.29. The average molecular weight is 351 g/mol. The van der Waals surface area contributed by atoms with E-state index in [1.165, 1.54) is 12.8 Å². The van der Waals surface area contributed by atoms with Crippen molar-refractivity contribution in [3.63, 3.8) is 0 Å². The minimum atomic E-state index is 0.555. The quantitative estimate of drug-likeness (QED) is 0.753. The van der Waals surface area contributed by atoms with Crippen molar-refractivity contribution in [3.8, 4) is 0 Å². The molecule has 1 saturated carbocycles. The van der Waals surface area contributed by atoms with E-state index < -0.39 is 0 Å². The van der Waals surface area contributed by atoms with Gasteiger partial charge in [-0.1, -0.05) is 6.07 Å². The van der Waals surface area contributed by atoms with Gasteiger partial charge < -0.3 is 19.5 Å². The number of morpholine rings is 1. The predicted molar refractivity (Wildman–Crippen MR) is 98.2 cm³/mol. The molecule has 1 aliphatic heterocycles. The van der Waals surface area contributed by atoms with Gasteiger partial charge in [0.1, 0.15) is 17.7 Å². The third kappa shape index (κ3) is 2.96. The first-order valence-corrected chi connectivity index (χ1v) is 9.07. The van der Waals surface area contributed by atoms with E-state index in [0.29, 0.717) is 12.6 Å². The van der Waals surface area contributed by atoms with Crippen LogP contribution in [0.4, 0.5) is 11.6 Å². The van der Waals surface area contributed by atoms with E-state index in [2.05, 4.69) is 46.9 Å². The summed E-state index contributed by atoms with van der Waals surface area (Å²) in [6.45, 7) is 3.98. The molecule has 26 heavy (non-hydrogen) atoms. The summed E-state index contributed by atoms with van der Waals surface area (Å²) in [5.41, 5.74) is 2.85. The number of ether oxygens (including phenoxy) is 1. The van der Waals surface area contributed by atoms with Gasteiger partial charge in [-0.25, -0.2) is 19.9 Å². The molecule has 8 heteroatoms. The number of nitrogens with one attached hydrogen (secondary N) is 1. The summed E-state index contributed by atoms with van der Waals surface area (Å²) in [5, 5.41) is 3.38. The summed E-state index contributed by atoms with van der Waals surface area (Å²) in [4.78, 5) is 20.1. The number of hydrogen-bond donors (Lipinski definition) is 1. The summed E-state index contributed by atoms with van der Waals surface area (Å²) >= 11 is 0. The predicted octanol–water partition coefficient (Wildman–Crippen LogP) is 2.00. The van der Waals surface area contributed by atoms with Crippen molar-refractivity contribution in [1.82, 2.24) is 24.5 Å². The van der Waals surface area contributed by atoms with Crippen LogP contribution in [0.3, 0.4) is 0 Å². The van der Waals surface area contributed by atoms with Crippen molar-refractivity contribution >= 4 is 22.8 Å². The number of nitrogens with zero attached hydrogens (tertiary/aromatic N) is 6. The van der Waals surface area contributed by atoms with E-state index in [1.54, 1.807) is 6.33 Å². The number of imidazole rings is 1. The van der Waals surface area contributed by atoms with Crippen LogP contribution in [-0.2, 0) is 11.3 Å². The Morgan fingerprint density at radius 3 is 2.73 bits per heavy atom. The minimum Gasteiger partial charge on any atom is -0.378 e. The van der Waals surface area contributed by atoms with Gasteiger partial charge in [0.25, 0.3) is 0 Å². The Kier molecular flexibility index (Phi) is 3.89. The largest absolute Gasteiger partial charge is 0.378 e. The number of fused-ring (bicyclic) bond motifs is 1. The Labute approximate surface area is 151 Å². The summed E-state index contributed by atoms with van der Waals surface area (Å²) in [6, 6.07) is 4.73. The average Bonchev–Trinajstić information content (AvgIpc) is 3.46. The van der Waals surface area contributed by atoms with Crippen molar-refractivity contribution in [2.45, 2.75) is 25.4 Å². The SMILES string of the molecule is c1nc(NCc2ccc(N3CCOCC3)nc2)c2ncn(C3CC3)c2n1. The molecule has 0 amide bonds. The van der Waals surface area contributed by atoms with Gasteiger partial charge in [-0.05, 0) is 24.5 Å². The maximum Gasteiger partial charge on any atom is 0.165 e. The molecule has 1 aliphatic carbocycles. The molecule has 0 spiro atoms. The lowest BCUT2D eigenvalue weighted by atomic mass is 10.2. The zero-order chi connectivity index (χ0) is 17.3. The standard InChI is InChI=1S/C18H21N7O/c1-4-15(24-5-7-26-8-6-24)19-9-13(1)10-20-17-16-18(22-11-21-17)25(12-23-16)14-2-3-14/h1,4,9,11-12,14H,2-3,5-8,10H2,(H,20,21,22). The molecule has 0 bridgehead atoms. The smallest absolute Gasteiger partial charge is 0.165 e. The van der Waals surface area contributed by atoms with Crippen LogP contribution >= 0.6 is 0 Å². The molecular formula is C18H21N7O. The first-order chi connectivity index (χ1) is 12.9. The Bertz CT molecular complexity index is 898. The first-order valence-electron chi connectivity index (χ1n) is 9.07. The normalized spacial score (nSPS) is 17.6. The van der Waals surface area contributed by atoms with Crippen LogP contribution in [0.2, 0.25) is 0 Å². The molecule has 1 N–H and O–H groups in total. The lowest BCUT2D eigenvalue weighted by Gasteiger charge is -2.27. The molecular weight excluding hydrogens is 330 g/mol. The van der Waals surface area contributed by atoms with E-state index in [1.807, 2.05) is 12.5 Å². The monoisotopic (exact) mass is 351 g/mol. The number of hydrogen-bond acceptors (Lipinski definition) is 7. The number of pyridine rings is 1. The van der Waals surface area contributed by atoms with Crippen LogP contribution in [-0.4, -0.2) is 50.8 Å². The Hall–Kier alpha value is -2.74. The fourth-order valence-electron chi connectivity index (χ4n) is 3.29. The summed E-state index contributed by atoms with van der Waals surface area (Å²) in [5.74, 6) is 1.77. The molecule has 2 fully saturated rings. The second-order valence-corrected chi connectivity index (χ2v) is 6.76. The maximum atomic E-state index is 5.39. The molecule has 3 aromatic heterocycles. The van der Waals surface area contributed by atoms with E-state index in [4.69, 9.17) is 4.74 Å². The summed E-state index contributed by atoms with van der Waals surface area (Å²) in [7, 11) is 0. The van der Waals surface area contributed by atoms with E-state index in [-0.39, 0.29) is 0 Å². The Morgan fingerprint density at radius 1 is 1.08 bits per heavy atom. The molecule has 5 rings (SSSR count). The molecule has 2 aliphatic rings. The molecule has 0 unspecified atom stereocenters. The first kappa shape index (κ1) is 15.5. The lowest BCUT2D eigenvalue weighted by molar-refractivity contribution is 0.122. The maximum absolute atomic E-state index is 5.39. The minimum absolute atomic E-state index is 0.555. The van der Waals surface area contributed by atoms with E-state index in [0.717, 1.165) is 54.7 Å². The van der Waals surface area contributed by atoms with Crippen LogP contribution in [0.25, 0.3) is 11.2 Å². The summed E-state index contributed by atoms with van der Waals surface area (Å²) in [6.07, 6.45) is 7.81. The number of aromatic nitrogens is 5. The highest BCUT2D eigenvalue weighted by atomic mass is 16.5. The molecule has 3 aromatic rings. The zero-order valence-electron chi connectivity index (χ0n) is 14.5. The second kappa shape index (κ2) is 6.53. The highest BCUT2D eigenvalue weighted by molar-refractivity contribution is 5.82. The van der Waals surface area contributed by atoms with Gasteiger partial charge in [0.15, 0.2) is 11.5 Å². The van der Waals surface area contributed by atoms with Crippen molar-refractivity contribution < 1.29 is 4.74 Å². The molecule has 4 heterocycles. The van der Waals surface area contributed by atoms with Crippen LogP contribution < -0.4 is 10.2 Å². The van der Waals surface area contributed by atoms with Crippen molar-refractivity contribution in [2.24, 2.45) is 0 Å². The number of anilines is 2. The molecule has 0 aromatic carbocycles. The summed E-state index contributed by atoms with van der Waals surface area (Å²) < 4.78 is 7.54. The Balaban J connectivity index is 1.29. The molecule has 134 valence electrons. The zero-order valence-corrected chi connectivity index (χ0v) is 14.5.